The second-order valence-corrected chi connectivity index (χ2v) is 5.87. The molecule has 0 spiro atoms. The smallest absolute Gasteiger partial charge is 0.0358 e. The molecule has 0 aliphatic heterocycles. The van der Waals surface area contributed by atoms with Gasteiger partial charge in [0.2, 0.25) is 0 Å². The molecule has 0 atom stereocenters. The molecule has 0 saturated carbocycles. The van der Waals surface area contributed by atoms with Crippen LogP contribution >= 0.6 is 0 Å². The van der Waals surface area contributed by atoms with Crippen molar-refractivity contribution in [1.82, 2.24) is 0 Å². The van der Waals surface area contributed by atoms with Gasteiger partial charge in [-0.15, -0.1) is 0 Å². The maximum atomic E-state index is 9.72. The molecule has 4 aromatic rings. The first kappa shape index (κ1) is 25.4. The molecular weight excluding hydrogens is 416 g/mol. The Morgan fingerprint density at radius 2 is 1.07 bits per heavy atom. The predicted octanol–water partition coefficient (Wildman–Crippen LogP) is 5.62. The zero-order chi connectivity index (χ0) is 17.8. The monoisotopic (exact) mass is 442 g/mol. The molecule has 152 valence electrons. The third kappa shape index (κ3) is 7.50. The van der Waals surface area contributed by atoms with E-state index < -0.39 is 0 Å². The summed E-state index contributed by atoms with van der Waals surface area (Å²) in [6.45, 7) is 2.29. The number of aliphatic hydroxyl groups excluding tert-OH is 1. The molecule has 4 aromatic carbocycles. The summed E-state index contributed by atoms with van der Waals surface area (Å²) in [4.78, 5) is 0. The van der Waals surface area contributed by atoms with E-state index in [9.17, 15) is 5.11 Å². The van der Waals surface area contributed by atoms with Gasteiger partial charge in [-0.3, -0.25) is 0 Å². The van der Waals surface area contributed by atoms with E-state index in [1.54, 1.807) is 0 Å². The summed E-state index contributed by atoms with van der Waals surface area (Å²) in [5, 5.41) is 9.72. The van der Waals surface area contributed by atoms with Gasteiger partial charge in [-0.05, 0) is 5.41 Å². The molecule has 4 rings (SSSR count). The summed E-state index contributed by atoms with van der Waals surface area (Å²) < 4.78 is 0. The van der Waals surface area contributed by atoms with E-state index in [1.165, 1.54) is 11.1 Å². The zero-order valence-corrected chi connectivity index (χ0v) is 17.7. The second-order valence-electron chi connectivity index (χ2n) is 5.87. The zero-order valence-electron chi connectivity index (χ0n) is 15.5. The van der Waals surface area contributed by atoms with Gasteiger partial charge in [0.1, 0.15) is 0 Å². The fraction of sp³-hybridized carbons (Fsp3) is 0.167. The molecule has 0 aromatic heterocycles. The Morgan fingerprint density at radius 3 is 1.30 bits per heavy atom. The first-order valence-corrected chi connectivity index (χ1v) is 8.72. The topological polar surface area (TPSA) is 20.2 Å². The van der Waals surface area contributed by atoms with Crippen LogP contribution in [0.2, 0.25) is 0 Å². The van der Waals surface area contributed by atoms with Gasteiger partial charge < -0.3 is 35.4 Å². The Labute approximate surface area is 184 Å². The van der Waals surface area contributed by atoms with Crippen molar-refractivity contribution in [2.24, 2.45) is 0 Å². The van der Waals surface area contributed by atoms with Crippen LogP contribution in [-0.2, 0) is 39.6 Å². The van der Waals surface area contributed by atoms with Crippen LogP contribution in [0.15, 0.2) is 109 Å². The van der Waals surface area contributed by atoms with Crippen molar-refractivity contribution in [3.63, 3.8) is 0 Å². The maximum Gasteiger partial charge on any atom is 0.0358 e. The van der Waals surface area contributed by atoms with Crippen LogP contribution in [-0.4, -0.2) is 11.7 Å². The molecule has 27 heavy (non-hydrogen) atoms. The van der Waals surface area contributed by atoms with E-state index in [0.717, 1.165) is 6.42 Å². The fourth-order valence-electron chi connectivity index (χ4n) is 2.90. The van der Waals surface area contributed by atoms with Crippen LogP contribution in [0.4, 0.5) is 0 Å². The Kier molecular flexibility index (Phi) is 13.6. The summed E-state index contributed by atoms with van der Waals surface area (Å²) in [7, 11) is 0. The predicted molar refractivity (Wildman–Crippen MR) is 106 cm³/mol. The summed E-state index contributed by atoms with van der Waals surface area (Å²) in [6, 6.07) is 36.5. The summed E-state index contributed by atoms with van der Waals surface area (Å²) >= 11 is 0. The van der Waals surface area contributed by atoms with E-state index in [2.05, 4.69) is 31.2 Å². The van der Waals surface area contributed by atoms with Crippen LogP contribution in [0.3, 0.4) is 0 Å². The standard InChI is InChI=1S/C14H16O.2C5H5.2Fe/c1-2-14(11-15,12-7-3-4-8-12)13-9-5-6-10-13;2*1-2-4-5-3-1;;/h3-10,15H,2,11H2,1H3;2*1-5H;;/q-2;-5;-1;;. The molecule has 1 N–H and O–H groups in total. The molecule has 0 amide bonds. The van der Waals surface area contributed by atoms with Crippen molar-refractivity contribution in [2.45, 2.75) is 18.8 Å². The third-order valence-electron chi connectivity index (χ3n) is 4.42. The Bertz CT molecular complexity index is 620. The average Bonchev–Trinajstić information content (AvgIpc) is 3.50. The van der Waals surface area contributed by atoms with E-state index in [-0.39, 0.29) is 46.2 Å². The number of hydrogen-bond donors (Lipinski definition) is 1. The number of aliphatic hydroxyl groups is 1. The molecule has 0 unspecified atom stereocenters. The normalized spacial score (nSPS) is 9.56. The van der Waals surface area contributed by atoms with Crippen LogP contribution in [0, 0.1) is 0 Å². The third-order valence-corrected chi connectivity index (χ3v) is 4.42. The van der Waals surface area contributed by atoms with Gasteiger partial charge in [-0.2, -0.15) is 53.6 Å². The van der Waals surface area contributed by atoms with Crippen molar-refractivity contribution in [3.8, 4) is 0 Å². The van der Waals surface area contributed by atoms with Crippen molar-refractivity contribution < 1.29 is 39.2 Å². The maximum absolute atomic E-state index is 9.72. The van der Waals surface area contributed by atoms with Crippen LogP contribution in [0.5, 0.6) is 0 Å². The van der Waals surface area contributed by atoms with Crippen LogP contribution in [0.1, 0.15) is 24.5 Å². The largest absolute Gasteiger partial charge is 0.748 e. The Hall–Kier alpha value is -1.60. The van der Waals surface area contributed by atoms with Gasteiger partial charge in [0.25, 0.3) is 0 Å². The van der Waals surface area contributed by atoms with Crippen molar-refractivity contribution in [3.05, 3.63) is 120 Å². The molecule has 0 radical (unpaired) electrons. The molecule has 0 heterocycles. The fourth-order valence-corrected chi connectivity index (χ4v) is 2.90. The second kappa shape index (κ2) is 14.5. The average molecular weight is 442 g/mol. The Morgan fingerprint density at radius 1 is 0.704 bits per heavy atom. The van der Waals surface area contributed by atoms with E-state index in [0.29, 0.717) is 0 Å². The number of rotatable bonds is 4. The van der Waals surface area contributed by atoms with Crippen molar-refractivity contribution in [2.75, 3.05) is 6.61 Å². The van der Waals surface area contributed by atoms with Gasteiger partial charge in [0.05, 0.1) is 0 Å². The van der Waals surface area contributed by atoms with E-state index in [4.69, 9.17) is 0 Å². The van der Waals surface area contributed by atoms with Crippen LogP contribution < -0.4 is 0 Å². The van der Waals surface area contributed by atoms with Gasteiger partial charge in [0, 0.05) is 40.7 Å². The van der Waals surface area contributed by atoms with Crippen molar-refractivity contribution in [1.29, 1.82) is 0 Å². The molecule has 0 aliphatic carbocycles. The molecule has 0 fully saturated rings. The van der Waals surface area contributed by atoms with Gasteiger partial charge in [0.15, 0.2) is 0 Å². The number of hydrogen-bond acceptors (Lipinski definition) is 1. The quantitative estimate of drug-likeness (QED) is 0.322. The van der Waals surface area contributed by atoms with E-state index in [1.807, 2.05) is 84.9 Å². The van der Waals surface area contributed by atoms with Gasteiger partial charge in [-0.25, -0.2) is 36.4 Å². The molecular formula is C24H26Fe2O-8. The van der Waals surface area contributed by atoms with E-state index >= 15 is 0 Å². The molecule has 0 bridgehead atoms. The summed E-state index contributed by atoms with van der Waals surface area (Å²) in [6.07, 6.45) is 0.914. The molecule has 0 aliphatic rings. The first-order valence-electron chi connectivity index (χ1n) is 8.72. The minimum atomic E-state index is -0.215. The van der Waals surface area contributed by atoms with Gasteiger partial charge >= 0.3 is 0 Å². The van der Waals surface area contributed by atoms with Crippen molar-refractivity contribution >= 4 is 0 Å². The first-order chi connectivity index (χ1) is 12.3. The summed E-state index contributed by atoms with van der Waals surface area (Å²) in [5.74, 6) is 0. The summed E-state index contributed by atoms with van der Waals surface area (Å²) in [5.41, 5.74) is 2.20. The SMILES string of the molecule is CCC(CO)([c-]1cccc1)[c-]1cccc1.[Fe].[Fe].[cH-]1[cH-][cH-][cH-][cH-]1.c1cc[cH-]c1. The minimum absolute atomic E-state index is 0. The minimum Gasteiger partial charge on any atom is -0.748 e. The molecule has 3 heteroatoms. The Balaban J connectivity index is 0.000000465. The molecule has 0 saturated heterocycles. The van der Waals surface area contributed by atoms with Crippen LogP contribution in [0.25, 0.3) is 0 Å². The van der Waals surface area contributed by atoms with Gasteiger partial charge in [-0.1, -0.05) is 13.3 Å². The molecule has 1 nitrogen and oxygen atoms in total.